The number of piperidine rings is 1. The molecule has 0 unspecified atom stereocenters. The molecule has 148 valence electrons. The van der Waals surface area contributed by atoms with Crippen LogP contribution in [-0.2, 0) is 6.42 Å². The Morgan fingerprint density at radius 1 is 1.04 bits per heavy atom. The summed E-state index contributed by atoms with van der Waals surface area (Å²) in [6, 6.07) is 9.42. The van der Waals surface area contributed by atoms with Crippen molar-refractivity contribution in [3.63, 3.8) is 0 Å². The lowest BCUT2D eigenvalue weighted by Gasteiger charge is -2.35. The first-order valence-electron chi connectivity index (χ1n) is 9.91. The van der Waals surface area contributed by atoms with Gasteiger partial charge in [-0.05, 0) is 37.7 Å². The quantitative estimate of drug-likeness (QED) is 0.731. The number of hydrogen-bond donors (Lipinski definition) is 3. The fraction of sp³-hybridized carbons (Fsp3) is 0.600. The van der Waals surface area contributed by atoms with E-state index in [2.05, 4.69) is 10.6 Å². The molecular weight excluding hydrogens is 344 g/mol. The summed E-state index contributed by atoms with van der Waals surface area (Å²) in [4.78, 5) is 28.5. The lowest BCUT2D eigenvalue weighted by molar-refractivity contribution is 0.145. The standard InChI is InChI=1S/C20H30N4O3/c25-15-18(14-16-6-2-1-3-7-16)22-19(26)21-17-8-12-24(13-9-17)20(27)23-10-4-5-11-23/h1-3,6-7,17-18,25H,4-5,8-15H2,(H2,21,22,26)/t18-/m1/s1. The molecule has 0 aliphatic carbocycles. The Morgan fingerprint density at radius 3 is 2.30 bits per heavy atom. The van der Waals surface area contributed by atoms with E-state index in [4.69, 9.17) is 0 Å². The summed E-state index contributed by atoms with van der Waals surface area (Å²) in [5, 5.41) is 15.4. The normalized spacial score (nSPS) is 19.0. The first kappa shape index (κ1) is 19.5. The third-order valence-corrected chi connectivity index (χ3v) is 5.36. The maximum atomic E-state index is 12.4. The molecule has 3 N–H and O–H groups in total. The SMILES string of the molecule is O=C(NC1CCN(C(=O)N2CCCC2)CC1)N[C@@H](CO)Cc1ccccc1. The highest BCUT2D eigenvalue weighted by Gasteiger charge is 2.28. The van der Waals surface area contributed by atoms with E-state index in [-0.39, 0.29) is 30.8 Å². The zero-order chi connectivity index (χ0) is 19.1. The Morgan fingerprint density at radius 2 is 1.67 bits per heavy atom. The molecule has 27 heavy (non-hydrogen) atoms. The van der Waals surface area contributed by atoms with Crippen LogP contribution in [0.2, 0.25) is 0 Å². The number of likely N-dealkylation sites (tertiary alicyclic amines) is 2. The number of carbonyl (C=O) groups is 2. The van der Waals surface area contributed by atoms with Crippen molar-refractivity contribution >= 4 is 12.1 Å². The lowest BCUT2D eigenvalue weighted by Crippen LogP contribution is -2.53. The summed E-state index contributed by atoms with van der Waals surface area (Å²) in [7, 11) is 0. The van der Waals surface area contributed by atoms with E-state index in [0.717, 1.165) is 44.3 Å². The minimum absolute atomic E-state index is 0.0590. The second-order valence-electron chi connectivity index (χ2n) is 7.43. The van der Waals surface area contributed by atoms with Gasteiger partial charge in [0.05, 0.1) is 12.6 Å². The smallest absolute Gasteiger partial charge is 0.319 e. The second kappa shape index (κ2) is 9.60. The summed E-state index contributed by atoms with van der Waals surface area (Å²) in [5.74, 6) is 0. The maximum Gasteiger partial charge on any atom is 0.319 e. The second-order valence-corrected chi connectivity index (χ2v) is 7.43. The van der Waals surface area contributed by atoms with Gasteiger partial charge in [0.15, 0.2) is 0 Å². The van der Waals surface area contributed by atoms with Gasteiger partial charge < -0.3 is 25.5 Å². The van der Waals surface area contributed by atoms with Crippen LogP contribution >= 0.6 is 0 Å². The number of rotatable bonds is 5. The van der Waals surface area contributed by atoms with Gasteiger partial charge in [0.25, 0.3) is 0 Å². The molecule has 0 radical (unpaired) electrons. The van der Waals surface area contributed by atoms with Crippen LogP contribution in [0.4, 0.5) is 9.59 Å². The number of carbonyl (C=O) groups excluding carboxylic acids is 2. The number of aliphatic hydroxyl groups excluding tert-OH is 1. The highest BCUT2D eigenvalue weighted by atomic mass is 16.3. The molecule has 0 saturated carbocycles. The molecule has 1 aromatic carbocycles. The molecule has 0 spiro atoms. The number of amides is 4. The molecule has 2 aliphatic rings. The van der Waals surface area contributed by atoms with Crippen molar-refractivity contribution in [1.29, 1.82) is 0 Å². The van der Waals surface area contributed by atoms with Crippen LogP contribution in [0.5, 0.6) is 0 Å². The molecule has 2 aliphatic heterocycles. The number of urea groups is 2. The zero-order valence-corrected chi connectivity index (χ0v) is 15.8. The van der Waals surface area contributed by atoms with E-state index in [1.807, 2.05) is 40.1 Å². The van der Waals surface area contributed by atoms with Crippen LogP contribution < -0.4 is 10.6 Å². The molecule has 7 nitrogen and oxygen atoms in total. The number of nitrogens with one attached hydrogen (secondary N) is 2. The van der Waals surface area contributed by atoms with Crippen LogP contribution in [0, 0.1) is 0 Å². The van der Waals surface area contributed by atoms with Crippen LogP contribution in [0.1, 0.15) is 31.2 Å². The first-order chi connectivity index (χ1) is 13.2. The highest BCUT2D eigenvalue weighted by Crippen LogP contribution is 2.16. The molecule has 3 rings (SSSR count). The number of hydrogen-bond acceptors (Lipinski definition) is 3. The van der Waals surface area contributed by atoms with Gasteiger partial charge in [0, 0.05) is 32.2 Å². The van der Waals surface area contributed by atoms with Crippen LogP contribution in [-0.4, -0.2) is 71.8 Å². The van der Waals surface area contributed by atoms with Crippen molar-refractivity contribution in [1.82, 2.24) is 20.4 Å². The van der Waals surface area contributed by atoms with Crippen molar-refractivity contribution in [2.24, 2.45) is 0 Å². The predicted octanol–water partition coefficient (Wildman–Crippen LogP) is 1.57. The summed E-state index contributed by atoms with van der Waals surface area (Å²) < 4.78 is 0. The third-order valence-electron chi connectivity index (χ3n) is 5.36. The number of nitrogens with zero attached hydrogens (tertiary/aromatic N) is 2. The highest BCUT2D eigenvalue weighted by molar-refractivity contribution is 5.76. The Bertz CT molecular complexity index is 611. The molecule has 7 heteroatoms. The fourth-order valence-electron chi connectivity index (χ4n) is 3.80. The molecule has 0 bridgehead atoms. The fourth-order valence-corrected chi connectivity index (χ4v) is 3.80. The minimum atomic E-state index is -0.316. The average Bonchev–Trinajstić information content (AvgIpc) is 3.23. The lowest BCUT2D eigenvalue weighted by atomic mass is 10.1. The van der Waals surface area contributed by atoms with Gasteiger partial charge in [-0.3, -0.25) is 0 Å². The molecule has 1 atom stereocenters. The third kappa shape index (κ3) is 5.60. The Kier molecular flexibility index (Phi) is 6.92. The van der Waals surface area contributed by atoms with E-state index in [1.165, 1.54) is 0 Å². The van der Waals surface area contributed by atoms with Gasteiger partial charge >= 0.3 is 12.1 Å². The van der Waals surface area contributed by atoms with Gasteiger partial charge in [-0.1, -0.05) is 30.3 Å². The van der Waals surface area contributed by atoms with Crippen molar-refractivity contribution in [3.05, 3.63) is 35.9 Å². The number of aliphatic hydroxyl groups is 1. The Hall–Kier alpha value is -2.28. The van der Waals surface area contributed by atoms with Crippen LogP contribution in [0.25, 0.3) is 0 Å². The van der Waals surface area contributed by atoms with E-state index in [9.17, 15) is 14.7 Å². The van der Waals surface area contributed by atoms with Crippen molar-refractivity contribution in [2.45, 2.75) is 44.2 Å². The van der Waals surface area contributed by atoms with Crippen LogP contribution in [0.15, 0.2) is 30.3 Å². The Balaban J connectivity index is 1.40. The van der Waals surface area contributed by atoms with E-state index in [0.29, 0.717) is 19.5 Å². The van der Waals surface area contributed by atoms with Gasteiger partial charge in [-0.2, -0.15) is 0 Å². The molecule has 2 heterocycles. The summed E-state index contributed by atoms with van der Waals surface area (Å²) in [6.07, 6.45) is 4.30. The van der Waals surface area contributed by atoms with E-state index >= 15 is 0 Å². The van der Waals surface area contributed by atoms with Gasteiger partial charge in [-0.25, -0.2) is 9.59 Å². The summed E-state index contributed by atoms with van der Waals surface area (Å²) >= 11 is 0. The number of benzene rings is 1. The van der Waals surface area contributed by atoms with Crippen molar-refractivity contribution in [3.8, 4) is 0 Å². The molecule has 2 saturated heterocycles. The molecule has 0 aromatic heterocycles. The molecular formula is C20H30N4O3. The van der Waals surface area contributed by atoms with Crippen molar-refractivity contribution < 1.29 is 14.7 Å². The molecule has 4 amide bonds. The topological polar surface area (TPSA) is 84.9 Å². The van der Waals surface area contributed by atoms with Gasteiger partial charge in [-0.15, -0.1) is 0 Å². The summed E-state index contributed by atoms with van der Waals surface area (Å²) in [6.45, 7) is 2.97. The average molecular weight is 374 g/mol. The zero-order valence-electron chi connectivity index (χ0n) is 15.8. The van der Waals surface area contributed by atoms with E-state index < -0.39 is 0 Å². The largest absolute Gasteiger partial charge is 0.394 e. The molecule has 2 fully saturated rings. The first-order valence-corrected chi connectivity index (χ1v) is 9.91. The maximum absolute atomic E-state index is 12.4. The summed E-state index contributed by atoms with van der Waals surface area (Å²) in [5.41, 5.74) is 1.07. The van der Waals surface area contributed by atoms with Crippen LogP contribution in [0.3, 0.4) is 0 Å². The molecule has 1 aromatic rings. The Labute approximate surface area is 160 Å². The van der Waals surface area contributed by atoms with Gasteiger partial charge in [0.1, 0.15) is 0 Å². The van der Waals surface area contributed by atoms with Gasteiger partial charge in [0.2, 0.25) is 0 Å². The minimum Gasteiger partial charge on any atom is -0.394 e. The van der Waals surface area contributed by atoms with E-state index in [1.54, 1.807) is 0 Å². The van der Waals surface area contributed by atoms with Crippen molar-refractivity contribution in [2.75, 3.05) is 32.8 Å². The predicted molar refractivity (Wildman–Crippen MR) is 103 cm³/mol. The monoisotopic (exact) mass is 374 g/mol.